The highest BCUT2D eigenvalue weighted by molar-refractivity contribution is 7.98. The van der Waals surface area contributed by atoms with E-state index < -0.39 is 0 Å². The average Bonchev–Trinajstić information content (AvgIpc) is 3.00. The van der Waals surface area contributed by atoms with Crippen LogP contribution >= 0.6 is 11.8 Å². The van der Waals surface area contributed by atoms with Gasteiger partial charge in [-0.2, -0.15) is 0 Å². The van der Waals surface area contributed by atoms with E-state index >= 15 is 0 Å². The van der Waals surface area contributed by atoms with Gasteiger partial charge in [-0.15, -0.1) is 11.8 Å². The summed E-state index contributed by atoms with van der Waals surface area (Å²) in [6.45, 7) is 2.32. The molecule has 2 aliphatic heterocycles. The van der Waals surface area contributed by atoms with Crippen molar-refractivity contribution >= 4 is 23.6 Å². The smallest absolute Gasteiger partial charge is 0.253 e. The van der Waals surface area contributed by atoms with Crippen molar-refractivity contribution in [1.82, 2.24) is 9.80 Å². The van der Waals surface area contributed by atoms with E-state index in [9.17, 15) is 9.59 Å². The second-order valence-corrected chi connectivity index (χ2v) is 6.85. The van der Waals surface area contributed by atoms with Gasteiger partial charge in [-0.1, -0.05) is 0 Å². The lowest BCUT2D eigenvalue weighted by atomic mass is 10.0. The van der Waals surface area contributed by atoms with Gasteiger partial charge in [-0.25, -0.2) is 0 Å². The lowest BCUT2D eigenvalue weighted by Crippen LogP contribution is -2.50. The molecule has 1 atom stereocenters. The molecule has 0 saturated carbocycles. The highest BCUT2D eigenvalue weighted by atomic mass is 32.2. The van der Waals surface area contributed by atoms with Crippen LogP contribution in [0.4, 0.5) is 0 Å². The van der Waals surface area contributed by atoms with Crippen LogP contribution in [0.5, 0.6) is 0 Å². The molecule has 3 rings (SSSR count). The first-order chi connectivity index (χ1) is 10.7. The summed E-state index contributed by atoms with van der Waals surface area (Å²) >= 11 is 1.67. The molecule has 22 heavy (non-hydrogen) atoms. The van der Waals surface area contributed by atoms with Crippen LogP contribution in [-0.4, -0.2) is 53.5 Å². The Labute approximate surface area is 135 Å². The normalized spacial score (nSPS) is 22.2. The first kappa shape index (κ1) is 15.4. The van der Waals surface area contributed by atoms with E-state index in [0.717, 1.165) is 42.8 Å². The van der Waals surface area contributed by atoms with E-state index in [1.807, 2.05) is 40.3 Å². The molecule has 2 saturated heterocycles. The summed E-state index contributed by atoms with van der Waals surface area (Å²) in [4.78, 5) is 29.6. The van der Waals surface area contributed by atoms with Crippen molar-refractivity contribution in [3.63, 3.8) is 0 Å². The summed E-state index contributed by atoms with van der Waals surface area (Å²) in [5.41, 5.74) is 0.742. The van der Waals surface area contributed by atoms with E-state index in [1.54, 1.807) is 11.8 Å². The fourth-order valence-electron chi connectivity index (χ4n) is 3.36. The largest absolute Gasteiger partial charge is 0.338 e. The Bertz CT molecular complexity index is 558. The Morgan fingerprint density at radius 3 is 2.59 bits per heavy atom. The maximum Gasteiger partial charge on any atom is 0.253 e. The Kier molecular flexibility index (Phi) is 4.71. The molecule has 1 aromatic rings. The highest BCUT2D eigenvalue weighted by Crippen LogP contribution is 2.23. The number of likely N-dealkylation sites (tertiary alicyclic amines) is 2. The summed E-state index contributed by atoms with van der Waals surface area (Å²) < 4.78 is 0. The van der Waals surface area contributed by atoms with Gasteiger partial charge in [0, 0.05) is 42.6 Å². The number of carbonyl (C=O) groups excluding carboxylic acids is 2. The summed E-state index contributed by atoms with van der Waals surface area (Å²) in [6.07, 6.45) is 5.64. The van der Waals surface area contributed by atoms with Crippen LogP contribution < -0.4 is 0 Å². The topological polar surface area (TPSA) is 40.6 Å². The molecule has 0 radical (unpaired) electrons. The number of piperidine rings is 1. The number of carbonyl (C=O) groups is 2. The summed E-state index contributed by atoms with van der Waals surface area (Å²) in [6, 6.07) is 7.99. The molecule has 0 aliphatic carbocycles. The SMILES string of the molecule is CSc1ccc(C(=O)N2CCC[C@H](N3CCCC3=O)C2)cc1. The number of hydrogen-bond acceptors (Lipinski definition) is 3. The van der Waals surface area contributed by atoms with Crippen molar-refractivity contribution in [2.24, 2.45) is 0 Å². The first-order valence-corrected chi connectivity index (χ1v) is 9.14. The molecule has 0 aromatic heterocycles. The van der Waals surface area contributed by atoms with Crippen molar-refractivity contribution < 1.29 is 9.59 Å². The van der Waals surface area contributed by atoms with Gasteiger partial charge in [0.05, 0.1) is 0 Å². The van der Waals surface area contributed by atoms with Gasteiger partial charge in [-0.3, -0.25) is 9.59 Å². The second-order valence-electron chi connectivity index (χ2n) is 5.97. The van der Waals surface area contributed by atoms with Crippen molar-refractivity contribution in [1.29, 1.82) is 0 Å². The molecule has 5 heteroatoms. The van der Waals surface area contributed by atoms with Crippen molar-refractivity contribution in [3.8, 4) is 0 Å². The summed E-state index contributed by atoms with van der Waals surface area (Å²) in [5, 5.41) is 0. The van der Waals surface area contributed by atoms with Gasteiger partial charge < -0.3 is 9.80 Å². The van der Waals surface area contributed by atoms with E-state index in [2.05, 4.69) is 0 Å². The first-order valence-electron chi connectivity index (χ1n) is 7.92. The Morgan fingerprint density at radius 2 is 1.95 bits per heavy atom. The van der Waals surface area contributed by atoms with Crippen LogP contribution in [0.3, 0.4) is 0 Å². The molecular formula is C17H22N2O2S. The zero-order valence-electron chi connectivity index (χ0n) is 13.0. The van der Waals surface area contributed by atoms with Crippen LogP contribution in [0, 0.1) is 0 Å². The fraction of sp³-hybridized carbons (Fsp3) is 0.529. The lowest BCUT2D eigenvalue weighted by Gasteiger charge is -2.37. The average molecular weight is 318 g/mol. The highest BCUT2D eigenvalue weighted by Gasteiger charge is 2.32. The summed E-state index contributed by atoms with van der Waals surface area (Å²) in [7, 11) is 0. The second kappa shape index (κ2) is 6.73. The van der Waals surface area contributed by atoms with Gasteiger partial charge in [0.1, 0.15) is 0 Å². The van der Waals surface area contributed by atoms with E-state index in [-0.39, 0.29) is 17.9 Å². The Morgan fingerprint density at radius 1 is 1.18 bits per heavy atom. The third kappa shape index (κ3) is 3.14. The van der Waals surface area contributed by atoms with E-state index in [0.29, 0.717) is 13.0 Å². The maximum absolute atomic E-state index is 12.7. The fourth-order valence-corrected chi connectivity index (χ4v) is 3.77. The molecule has 0 spiro atoms. The minimum atomic E-state index is 0.0870. The number of hydrogen-bond donors (Lipinski definition) is 0. The number of nitrogens with zero attached hydrogens (tertiary/aromatic N) is 2. The third-order valence-electron chi connectivity index (χ3n) is 4.57. The van der Waals surface area contributed by atoms with E-state index in [1.165, 1.54) is 0 Å². The van der Waals surface area contributed by atoms with Gasteiger partial charge in [0.2, 0.25) is 5.91 Å². The maximum atomic E-state index is 12.7. The molecule has 2 heterocycles. The van der Waals surface area contributed by atoms with Crippen molar-refractivity contribution in [3.05, 3.63) is 29.8 Å². The predicted molar refractivity (Wildman–Crippen MR) is 88.1 cm³/mol. The van der Waals surface area contributed by atoms with Crippen LogP contribution in [0.15, 0.2) is 29.2 Å². The minimum absolute atomic E-state index is 0.0870. The molecule has 2 aliphatic rings. The molecule has 118 valence electrons. The van der Waals surface area contributed by atoms with Crippen LogP contribution in [-0.2, 0) is 4.79 Å². The molecule has 1 aromatic carbocycles. The standard InChI is InChI=1S/C17H22N2O2S/c1-22-15-8-6-13(7-9-15)17(21)18-10-2-4-14(12-18)19-11-3-5-16(19)20/h6-9,14H,2-5,10-12H2,1H3/t14-/m0/s1. The van der Waals surface area contributed by atoms with Gasteiger partial charge in [-0.05, 0) is 49.8 Å². The van der Waals surface area contributed by atoms with Crippen LogP contribution in [0.1, 0.15) is 36.0 Å². The Hall–Kier alpha value is -1.49. The quantitative estimate of drug-likeness (QED) is 0.805. The monoisotopic (exact) mass is 318 g/mol. The molecule has 0 bridgehead atoms. The van der Waals surface area contributed by atoms with Crippen LogP contribution in [0.2, 0.25) is 0 Å². The number of rotatable bonds is 3. The van der Waals surface area contributed by atoms with Gasteiger partial charge in [0.15, 0.2) is 0 Å². The zero-order valence-corrected chi connectivity index (χ0v) is 13.8. The third-order valence-corrected chi connectivity index (χ3v) is 5.32. The molecule has 2 amide bonds. The zero-order chi connectivity index (χ0) is 15.5. The molecule has 0 unspecified atom stereocenters. The van der Waals surface area contributed by atoms with Gasteiger partial charge in [0.25, 0.3) is 5.91 Å². The number of amides is 2. The number of thioether (sulfide) groups is 1. The van der Waals surface area contributed by atoms with E-state index in [4.69, 9.17) is 0 Å². The van der Waals surface area contributed by atoms with Crippen molar-refractivity contribution in [2.45, 2.75) is 36.6 Å². The van der Waals surface area contributed by atoms with Gasteiger partial charge >= 0.3 is 0 Å². The molecular weight excluding hydrogens is 296 g/mol. The minimum Gasteiger partial charge on any atom is -0.338 e. The summed E-state index contributed by atoms with van der Waals surface area (Å²) in [5.74, 6) is 0.340. The predicted octanol–water partition coefficient (Wildman–Crippen LogP) is 2.64. The molecule has 4 nitrogen and oxygen atoms in total. The molecule has 0 N–H and O–H groups in total. The number of benzene rings is 1. The molecule has 2 fully saturated rings. The van der Waals surface area contributed by atoms with Crippen molar-refractivity contribution in [2.75, 3.05) is 25.9 Å². The van der Waals surface area contributed by atoms with Crippen LogP contribution in [0.25, 0.3) is 0 Å². The lowest BCUT2D eigenvalue weighted by molar-refractivity contribution is -0.130. The Balaban J connectivity index is 1.68.